The highest BCUT2D eigenvalue weighted by molar-refractivity contribution is 5.82. The van der Waals surface area contributed by atoms with Gasteiger partial charge in [0.2, 0.25) is 5.95 Å². The van der Waals surface area contributed by atoms with E-state index in [9.17, 15) is 20.1 Å². The second kappa shape index (κ2) is 7.95. The number of hydrogen-bond acceptors (Lipinski definition) is 8. The maximum Gasteiger partial charge on any atom is 0.313 e. The number of carboxylic acid groups (broad SMARTS) is 1. The molecule has 0 spiro atoms. The lowest BCUT2D eigenvalue weighted by atomic mass is 9.85. The molecule has 0 aliphatic carbocycles. The maximum absolute atomic E-state index is 11.8. The zero-order valence-electron chi connectivity index (χ0n) is 15.8. The molecule has 0 bridgehead atoms. The fraction of sp³-hybridized carbons (Fsp3) is 0.722. The molecule has 0 unspecified atom stereocenters. The summed E-state index contributed by atoms with van der Waals surface area (Å²) < 4.78 is 5.41. The van der Waals surface area contributed by atoms with Crippen LogP contribution in [0.4, 0.5) is 11.8 Å². The molecule has 0 amide bonds. The number of morpholine rings is 1. The first-order chi connectivity index (χ1) is 12.9. The predicted molar refractivity (Wildman–Crippen MR) is 99.1 cm³/mol. The van der Waals surface area contributed by atoms with Crippen molar-refractivity contribution in [2.24, 2.45) is 11.8 Å². The molecule has 3 rings (SSSR count). The first-order valence-corrected chi connectivity index (χ1v) is 9.28. The minimum Gasteiger partial charge on any atom is -0.481 e. The summed E-state index contributed by atoms with van der Waals surface area (Å²) in [5, 5.41) is 28.7. The molecule has 2 atom stereocenters. The number of aromatic nitrogens is 2. The van der Waals surface area contributed by atoms with Crippen LogP contribution in [0.1, 0.15) is 19.4 Å². The van der Waals surface area contributed by atoms with Crippen molar-refractivity contribution < 1.29 is 24.9 Å². The van der Waals surface area contributed by atoms with Gasteiger partial charge in [0.1, 0.15) is 5.82 Å². The van der Waals surface area contributed by atoms with Crippen molar-refractivity contribution in [3.63, 3.8) is 0 Å². The zero-order chi connectivity index (χ0) is 19.6. The standard InChI is InChI=1S/C18H28N4O5/c1-18(2,16(25)26)14-7-19-17(20-15(14)21-3-5-27-6-4-21)22-8-12(10-23)13(9-22)11-24/h7,12-13,23-24H,3-6,8-11H2,1-2H3,(H,25,26)/t12-,13-/m0/s1. The molecule has 3 N–H and O–H groups in total. The summed E-state index contributed by atoms with van der Waals surface area (Å²) in [5.41, 5.74) is -0.560. The van der Waals surface area contributed by atoms with E-state index < -0.39 is 11.4 Å². The quantitative estimate of drug-likeness (QED) is 0.612. The molecule has 0 aromatic carbocycles. The SMILES string of the molecule is CC(C)(C(=O)O)c1cnc(N2C[C@@H](CO)[C@H](CO)C2)nc1N1CCOCC1. The van der Waals surface area contributed by atoms with E-state index in [0.29, 0.717) is 56.7 Å². The van der Waals surface area contributed by atoms with Gasteiger partial charge in [-0.3, -0.25) is 4.79 Å². The summed E-state index contributed by atoms with van der Waals surface area (Å²) in [6.45, 7) is 6.83. The average Bonchev–Trinajstić information content (AvgIpc) is 3.11. The van der Waals surface area contributed by atoms with Crippen molar-refractivity contribution in [3.05, 3.63) is 11.8 Å². The zero-order valence-corrected chi connectivity index (χ0v) is 15.8. The van der Waals surface area contributed by atoms with Crippen molar-refractivity contribution >= 4 is 17.7 Å². The van der Waals surface area contributed by atoms with Crippen molar-refractivity contribution in [2.45, 2.75) is 19.3 Å². The normalized spacial score (nSPS) is 23.7. The van der Waals surface area contributed by atoms with Crippen LogP contribution in [0.5, 0.6) is 0 Å². The number of aliphatic hydroxyl groups excluding tert-OH is 2. The van der Waals surface area contributed by atoms with Gasteiger partial charge in [-0.2, -0.15) is 4.98 Å². The highest BCUT2D eigenvalue weighted by Gasteiger charge is 2.37. The number of aliphatic hydroxyl groups is 2. The number of anilines is 2. The van der Waals surface area contributed by atoms with E-state index in [-0.39, 0.29) is 25.0 Å². The minimum absolute atomic E-state index is 0.00216. The summed E-state index contributed by atoms with van der Waals surface area (Å²) in [6, 6.07) is 0. The van der Waals surface area contributed by atoms with Crippen LogP contribution in [0.3, 0.4) is 0 Å². The van der Waals surface area contributed by atoms with Crippen LogP contribution in [0.15, 0.2) is 6.20 Å². The molecule has 150 valence electrons. The number of carbonyl (C=O) groups is 1. The van der Waals surface area contributed by atoms with Gasteiger partial charge in [0.05, 0.1) is 18.6 Å². The van der Waals surface area contributed by atoms with Crippen LogP contribution in [-0.2, 0) is 14.9 Å². The maximum atomic E-state index is 11.8. The Morgan fingerprint density at radius 1 is 1.19 bits per heavy atom. The number of ether oxygens (including phenoxy) is 1. The Morgan fingerprint density at radius 3 is 2.30 bits per heavy atom. The van der Waals surface area contributed by atoms with Gasteiger partial charge in [0.15, 0.2) is 0 Å². The molecular weight excluding hydrogens is 352 g/mol. The smallest absolute Gasteiger partial charge is 0.313 e. The van der Waals surface area contributed by atoms with Gasteiger partial charge in [-0.25, -0.2) is 4.98 Å². The van der Waals surface area contributed by atoms with Crippen molar-refractivity contribution in [1.29, 1.82) is 0 Å². The van der Waals surface area contributed by atoms with E-state index in [1.165, 1.54) is 0 Å². The van der Waals surface area contributed by atoms with Gasteiger partial charge < -0.3 is 29.9 Å². The van der Waals surface area contributed by atoms with E-state index in [2.05, 4.69) is 4.98 Å². The first-order valence-electron chi connectivity index (χ1n) is 9.28. The average molecular weight is 380 g/mol. The Balaban J connectivity index is 1.97. The number of hydrogen-bond donors (Lipinski definition) is 3. The molecule has 1 aromatic heterocycles. The Morgan fingerprint density at radius 2 is 1.78 bits per heavy atom. The fourth-order valence-electron chi connectivity index (χ4n) is 3.60. The van der Waals surface area contributed by atoms with Gasteiger partial charge in [-0.15, -0.1) is 0 Å². The number of aliphatic carboxylic acids is 1. The lowest BCUT2D eigenvalue weighted by molar-refractivity contribution is -0.142. The summed E-state index contributed by atoms with van der Waals surface area (Å²) in [4.78, 5) is 24.9. The molecule has 9 heteroatoms. The summed E-state index contributed by atoms with van der Waals surface area (Å²) in [6.07, 6.45) is 1.60. The van der Waals surface area contributed by atoms with Crippen LogP contribution in [0, 0.1) is 11.8 Å². The Bertz CT molecular complexity index is 666. The topological polar surface area (TPSA) is 119 Å². The summed E-state index contributed by atoms with van der Waals surface area (Å²) >= 11 is 0. The molecule has 3 heterocycles. The van der Waals surface area contributed by atoms with Crippen LogP contribution in [0.25, 0.3) is 0 Å². The van der Waals surface area contributed by atoms with Crippen molar-refractivity contribution in [1.82, 2.24) is 9.97 Å². The number of carboxylic acids is 1. The van der Waals surface area contributed by atoms with E-state index >= 15 is 0 Å². The number of rotatable bonds is 6. The number of nitrogens with zero attached hydrogens (tertiary/aromatic N) is 4. The molecule has 2 aliphatic rings. The highest BCUT2D eigenvalue weighted by Crippen LogP contribution is 2.34. The van der Waals surface area contributed by atoms with Gasteiger partial charge >= 0.3 is 5.97 Å². The molecule has 1 aromatic rings. The van der Waals surface area contributed by atoms with E-state index in [0.717, 1.165) is 0 Å². The monoisotopic (exact) mass is 380 g/mol. The van der Waals surface area contributed by atoms with E-state index in [4.69, 9.17) is 9.72 Å². The third-order valence-electron chi connectivity index (χ3n) is 5.60. The summed E-state index contributed by atoms with van der Waals surface area (Å²) in [7, 11) is 0. The third-order valence-corrected chi connectivity index (χ3v) is 5.60. The lowest BCUT2D eigenvalue weighted by Gasteiger charge is -2.33. The van der Waals surface area contributed by atoms with E-state index in [1.54, 1.807) is 20.0 Å². The molecule has 2 saturated heterocycles. The second-order valence-electron chi connectivity index (χ2n) is 7.73. The first kappa shape index (κ1) is 19.8. The largest absolute Gasteiger partial charge is 0.481 e. The molecule has 0 radical (unpaired) electrons. The van der Waals surface area contributed by atoms with Crippen LogP contribution in [-0.4, -0.2) is 83.9 Å². The highest BCUT2D eigenvalue weighted by atomic mass is 16.5. The van der Waals surface area contributed by atoms with Gasteiger partial charge in [-0.1, -0.05) is 0 Å². The van der Waals surface area contributed by atoms with Gasteiger partial charge in [0.25, 0.3) is 0 Å². The van der Waals surface area contributed by atoms with Crippen LogP contribution >= 0.6 is 0 Å². The Labute approximate surface area is 158 Å². The third kappa shape index (κ3) is 3.85. The fourth-order valence-corrected chi connectivity index (χ4v) is 3.60. The van der Waals surface area contributed by atoms with Crippen LogP contribution < -0.4 is 9.80 Å². The van der Waals surface area contributed by atoms with Crippen LogP contribution in [0.2, 0.25) is 0 Å². The molecule has 9 nitrogen and oxygen atoms in total. The van der Waals surface area contributed by atoms with E-state index in [1.807, 2.05) is 9.80 Å². The molecule has 27 heavy (non-hydrogen) atoms. The summed E-state index contributed by atoms with van der Waals surface area (Å²) in [5.74, 6) is 0.121. The van der Waals surface area contributed by atoms with Gasteiger partial charge in [0, 0.05) is 63.0 Å². The van der Waals surface area contributed by atoms with Crippen molar-refractivity contribution in [3.8, 4) is 0 Å². The Hall–Kier alpha value is -1.97. The molecular formula is C18H28N4O5. The minimum atomic E-state index is -1.13. The molecule has 2 aliphatic heterocycles. The molecule has 0 saturated carbocycles. The lowest BCUT2D eigenvalue weighted by Crippen LogP contribution is -2.40. The molecule has 2 fully saturated rings. The van der Waals surface area contributed by atoms with Crippen molar-refractivity contribution in [2.75, 3.05) is 62.4 Å². The Kier molecular flexibility index (Phi) is 5.83. The predicted octanol–water partition coefficient (Wildman–Crippen LogP) is -0.288. The van der Waals surface area contributed by atoms with Gasteiger partial charge in [-0.05, 0) is 13.8 Å². The second-order valence-corrected chi connectivity index (χ2v) is 7.73.